The van der Waals surface area contributed by atoms with Crippen LogP contribution in [0.4, 0.5) is 9.18 Å². The summed E-state index contributed by atoms with van der Waals surface area (Å²) in [7, 11) is 0. The van der Waals surface area contributed by atoms with Crippen molar-refractivity contribution in [2.24, 2.45) is 0 Å². The molecular weight excluding hydrogens is 467 g/mol. The van der Waals surface area contributed by atoms with E-state index in [0.717, 1.165) is 40.3 Å². The van der Waals surface area contributed by atoms with Gasteiger partial charge in [-0.15, -0.1) is 0 Å². The van der Waals surface area contributed by atoms with Gasteiger partial charge in [-0.2, -0.15) is 0 Å². The molecule has 0 N–H and O–H groups in total. The minimum absolute atomic E-state index is 0.0116. The zero-order valence-electron chi connectivity index (χ0n) is 18.9. The fourth-order valence-electron chi connectivity index (χ4n) is 4.29. The molecule has 0 saturated carbocycles. The lowest BCUT2D eigenvalue weighted by atomic mass is 10.0. The molecule has 0 aliphatic carbocycles. The lowest BCUT2D eigenvalue weighted by molar-refractivity contribution is -0.135. The molecule has 2 aliphatic rings. The Kier molecular flexibility index (Phi) is 6.55. The van der Waals surface area contributed by atoms with E-state index in [1.807, 2.05) is 30.3 Å². The van der Waals surface area contributed by atoms with Crippen LogP contribution >= 0.6 is 11.8 Å². The van der Waals surface area contributed by atoms with Gasteiger partial charge in [-0.3, -0.25) is 19.3 Å². The van der Waals surface area contributed by atoms with E-state index in [-0.39, 0.29) is 29.8 Å². The van der Waals surface area contributed by atoms with Gasteiger partial charge < -0.3 is 9.64 Å². The quantitative estimate of drug-likeness (QED) is 0.444. The van der Waals surface area contributed by atoms with Crippen LogP contribution in [0.15, 0.2) is 65.6 Å². The molecular formula is C27H23FN2O4S. The number of amides is 3. The van der Waals surface area contributed by atoms with Crippen molar-refractivity contribution < 1.29 is 23.5 Å². The summed E-state index contributed by atoms with van der Waals surface area (Å²) in [5.41, 5.74) is 1.03. The predicted molar refractivity (Wildman–Crippen MR) is 133 cm³/mol. The summed E-state index contributed by atoms with van der Waals surface area (Å²) in [6.45, 7) is 1.07. The average molecular weight is 491 g/mol. The predicted octanol–water partition coefficient (Wildman–Crippen LogP) is 5.22. The van der Waals surface area contributed by atoms with Crippen molar-refractivity contribution in [2.75, 3.05) is 19.6 Å². The molecule has 6 nitrogen and oxygen atoms in total. The highest BCUT2D eigenvalue weighted by atomic mass is 32.2. The lowest BCUT2D eigenvalue weighted by Gasteiger charge is -2.18. The van der Waals surface area contributed by atoms with Gasteiger partial charge in [-0.25, -0.2) is 4.39 Å². The second-order valence-electron chi connectivity index (χ2n) is 8.43. The Morgan fingerprint density at radius 1 is 1.00 bits per heavy atom. The van der Waals surface area contributed by atoms with E-state index in [0.29, 0.717) is 30.0 Å². The molecule has 2 fully saturated rings. The summed E-state index contributed by atoms with van der Waals surface area (Å²) in [6.07, 6.45) is 3.50. The molecule has 0 radical (unpaired) electrons. The Labute approximate surface area is 206 Å². The summed E-state index contributed by atoms with van der Waals surface area (Å²) >= 11 is 0.808. The number of carbonyl (C=O) groups excluding carboxylic acids is 3. The van der Waals surface area contributed by atoms with Crippen molar-refractivity contribution in [1.29, 1.82) is 0 Å². The van der Waals surface area contributed by atoms with Crippen molar-refractivity contribution in [3.05, 3.63) is 82.5 Å². The number of hydrogen-bond donors (Lipinski definition) is 0. The first-order valence-electron chi connectivity index (χ1n) is 11.4. The van der Waals surface area contributed by atoms with Crippen LogP contribution in [0.5, 0.6) is 5.75 Å². The van der Waals surface area contributed by atoms with Gasteiger partial charge in [-0.1, -0.05) is 48.5 Å². The van der Waals surface area contributed by atoms with E-state index in [1.165, 1.54) is 6.07 Å². The number of hydrogen-bond acceptors (Lipinski definition) is 5. The van der Waals surface area contributed by atoms with E-state index < -0.39 is 11.1 Å². The molecule has 3 aromatic rings. The second-order valence-corrected chi connectivity index (χ2v) is 9.43. The lowest BCUT2D eigenvalue weighted by Crippen LogP contribution is -2.40. The van der Waals surface area contributed by atoms with Crippen LogP contribution in [0.1, 0.15) is 24.0 Å². The fourth-order valence-corrected chi connectivity index (χ4v) is 5.11. The van der Waals surface area contributed by atoms with Crippen LogP contribution in [0.25, 0.3) is 16.8 Å². The Morgan fingerprint density at radius 2 is 1.74 bits per heavy atom. The zero-order valence-corrected chi connectivity index (χ0v) is 19.7. The van der Waals surface area contributed by atoms with E-state index in [4.69, 9.17) is 4.74 Å². The third-order valence-corrected chi connectivity index (χ3v) is 7.08. The van der Waals surface area contributed by atoms with Crippen molar-refractivity contribution >= 4 is 45.7 Å². The van der Waals surface area contributed by atoms with Crippen molar-refractivity contribution in [3.63, 3.8) is 0 Å². The molecule has 35 heavy (non-hydrogen) atoms. The molecule has 3 amide bonds. The highest BCUT2D eigenvalue weighted by molar-refractivity contribution is 8.18. The van der Waals surface area contributed by atoms with Gasteiger partial charge in [0.25, 0.3) is 11.1 Å². The summed E-state index contributed by atoms with van der Waals surface area (Å²) in [6, 6.07) is 17.7. The van der Waals surface area contributed by atoms with Crippen LogP contribution < -0.4 is 4.74 Å². The van der Waals surface area contributed by atoms with Crippen molar-refractivity contribution in [1.82, 2.24) is 9.80 Å². The van der Waals surface area contributed by atoms with Crippen LogP contribution in [0, 0.1) is 5.82 Å². The van der Waals surface area contributed by atoms with Crippen LogP contribution in [-0.4, -0.2) is 46.5 Å². The molecule has 5 rings (SSSR count). The number of halogens is 1. The summed E-state index contributed by atoms with van der Waals surface area (Å²) < 4.78 is 20.1. The minimum Gasteiger partial charge on any atom is -0.488 e. The topological polar surface area (TPSA) is 66.9 Å². The molecule has 8 heteroatoms. The minimum atomic E-state index is -0.500. The van der Waals surface area contributed by atoms with E-state index in [1.54, 1.807) is 35.2 Å². The number of rotatable bonds is 6. The Balaban J connectivity index is 1.45. The normalized spacial score (nSPS) is 17.1. The number of benzene rings is 3. The Bertz CT molecular complexity index is 1350. The molecule has 0 atom stereocenters. The molecule has 0 aromatic heterocycles. The Hall–Kier alpha value is -3.65. The third-order valence-electron chi connectivity index (χ3n) is 6.17. The molecule has 0 spiro atoms. The molecule has 2 heterocycles. The molecule has 0 unspecified atom stereocenters. The number of carbonyl (C=O) groups is 3. The second kappa shape index (κ2) is 9.92. The fraction of sp³-hybridized carbons (Fsp3) is 0.222. The van der Waals surface area contributed by atoms with Gasteiger partial charge in [0.1, 0.15) is 24.7 Å². The SMILES string of the molecule is O=C(CN1C(=O)S/C(=C\c2c(OCc3ccccc3F)ccc3ccccc23)C1=O)N1CCCC1. The van der Waals surface area contributed by atoms with Crippen LogP contribution in [-0.2, 0) is 16.2 Å². The standard InChI is InChI=1S/C27H23FN2O4S/c28-22-10-4-2-8-19(22)17-34-23-12-11-18-7-1-3-9-20(18)21(23)15-24-26(32)30(27(33)35-24)16-25(31)29-13-5-6-14-29/h1-4,7-12,15H,5-6,13-14,16-17H2/b24-15-. The number of thioether (sulfide) groups is 1. The monoisotopic (exact) mass is 490 g/mol. The molecule has 2 saturated heterocycles. The largest absolute Gasteiger partial charge is 0.488 e. The Morgan fingerprint density at radius 3 is 2.54 bits per heavy atom. The molecule has 2 aliphatic heterocycles. The van der Waals surface area contributed by atoms with Gasteiger partial charge in [0, 0.05) is 24.2 Å². The first kappa shape index (κ1) is 23.1. The third kappa shape index (κ3) is 4.79. The summed E-state index contributed by atoms with van der Waals surface area (Å²) in [5.74, 6) is -0.615. The highest BCUT2D eigenvalue weighted by Crippen LogP contribution is 2.37. The number of imide groups is 1. The average Bonchev–Trinajstić information content (AvgIpc) is 3.49. The van der Waals surface area contributed by atoms with Gasteiger partial charge in [-0.05, 0) is 53.6 Å². The van der Waals surface area contributed by atoms with Crippen molar-refractivity contribution in [3.8, 4) is 5.75 Å². The maximum absolute atomic E-state index is 14.1. The maximum atomic E-state index is 14.1. The van der Waals surface area contributed by atoms with E-state index >= 15 is 0 Å². The number of likely N-dealkylation sites (tertiary alicyclic amines) is 1. The first-order valence-corrected chi connectivity index (χ1v) is 12.2. The smallest absolute Gasteiger partial charge is 0.294 e. The first-order chi connectivity index (χ1) is 17.0. The van der Waals surface area contributed by atoms with Crippen LogP contribution in [0.2, 0.25) is 0 Å². The molecule has 3 aromatic carbocycles. The summed E-state index contributed by atoms with van der Waals surface area (Å²) in [4.78, 5) is 41.2. The number of fused-ring (bicyclic) bond motifs is 1. The molecule has 178 valence electrons. The van der Waals surface area contributed by atoms with Gasteiger partial charge in [0.15, 0.2) is 0 Å². The van der Waals surface area contributed by atoms with E-state index in [2.05, 4.69) is 0 Å². The van der Waals surface area contributed by atoms with Gasteiger partial charge in [0.05, 0.1) is 4.91 Å². The zero-order chi connectivity index (χ0) is 24.4. The van der Waals surface area contributed by atoms with Gasteiger partial charge in [0.2, 0.25) is 5.91 Å². The van der Waals surface area contributed by atoms with Crippen LogP contribution in [0.3, 0.4) is 0 Å². The highest BCUT2D eigenvalue weighted by Gasteiger charge is 2.37. The summed E-state index contributed by atoms with van der Waals surface area (Å²) in [5, 5.41) is 1.29. The van der Waals surface area contributed by atoms with Crippen molar-refractivity contribution in [2.45, 2.75) is 19.4 Å². The molecule has 0 bridgehead atoms. The maximum Gasteiger partial charge on any atom is 0.294 e. The number of nitrogens with zero attached hydrogens (tertiary/aromatic N) is 2. The van der Waals surface area contributed by atoms with Gasteiger partial charge >= 0.3 is 0 Å². The van der Waals surface area contributed by atoms with E-state index in [9.17, 15) is 18.8 Å². The number of ether oxygens (including phenoxy) is 1.